The van der Waals surface area contributed by atoms with Crippen molar-refractivity contribution in [1.82, 2.24) is 4.90 Å². The second-order valence-electron chi connectivity index (χ2n) is 6.73. The highest BCUT2D eigenvalue weighted by molar-refractivity contribution is 6.11. The third-order valence-electron chi connectivity index (χ3n) is 4.99. The number of carbonyl (C=O) groups is 2. The molecule has 0 spiro atoms. The lowest BCUT2D eigenvalue weighted by Crippen LogP contribution is -2.44. The van der Waals surface area contributed by atoms with E-state index in [0.717, 1.165) is 17.5 Å². The summed E-state index contributed by atoms with van der Waals surface area (Å²) in [7, 11) is 0. The summed E-state index contributed by atoms with van der Waals surface area (Å²) in [6, 6.07) is 11.3. The fourth-order valence-electron chi connectivity index (χ4n) is 3.71. The maximum absolute atomic E-state index is 13.2. The largest absolute Gasteiger partial charge is 0.327 e. The standard InChI is InChI=1S/C20H19FN2O2/c1-13-4-9-17-16(11-13)19(24)22-10-2-3-18(22)20(25)23(17)12-14-5-7-15(21)8-6-14/h4-9,11,18H,2-3,10,12H2,1H3/t18-/m0/s1. The van der Waals surface area contributed by atoms with E-state index in [1.54, 1.807) is 21.9 Å². The van der Waals surface area contributed by atoms with E-state index in [2.05, 4.69) is 0 Å². The first-order valence-corrected chi connectivity index (χ1v) is 8.52. The van der Waals surface area contributed by atoms with Gasteiger partial charge in [-0.15, -0.1) is 0 Å². The Morgan fingerprint density at radius 1 is 1.12 bits per heavy atom. The second-order valence-corrected chi connectivity index (χ2v) is 6.73. The van der Waals surface area contributed by atoms with Gasteiger partial charge in [-0.3, -0.25) is 9.59 Å². The van der Waals surface area contributed by atoms with Gasteiger partial charge in [-0.05, 0) is 49.6 Å². The van der Waals surface area contributed by atoms with Crippen LogP contribution in [0.25, 0.3) is 0 Å². The van der Waals surface area contributed by atoms with E-state index < -0.39 is 6.04 Å². The molecule has 25 heavy (non-hydrogen) atoms. The van der Waals surface area contributed by atoms with Gasteiger partial charge < -0.3 is 9.80 Å². The first-order valence-electron chi connectivity index (χ1n) is 8.52. The van der Waals surface area contributed by atoms with Crippen molar-refractivity contribution in [1.29, 1.82) is 0 Å². The molecule has 1 fully saturated rings. The Hall–Kier alpha value is -2.69. The number of aryl methyl sites for hydroxylation is 1. The lowest BCUT2D eigenvalue weighted by molar-refractivity contribution is -0.122. The van der Waals surface area contributed by atoms with Crippen LogP contribution in [-0.2, 0) is 11.3 Å². The number of hydrogen-bond acceptors (Lipinski definition) is 2. The summed E-state index contributed by atoms with van der Waals surface area (Å²) < 4.78 is 13.2. The van der Waals surface area contributed by atoms with Gasteiger partial charge in [-0.25, -0.2) is 4.39 Å². The van der Waals surface area contributed by atoms with Crippen molar-refractivity contribution in [3.05, 3.63) is 65.0 Å². The molecule has 0 N–H and O–H groups in total. The summed E-state index contributed by atoms with van der Waals surface area (Å²) >= 11 is 0. The lowest BCUT2D eigenvalue weighted by Gasteiger charge is -2.26. The Balaban J connectivity index is 1.80. The quantitative estimate of drug-likeness (QED) is 0.843. The highest BCUT2D eigenvalue weighted by atomic mass is 19.1. The molecule has 2 heterocycles. The molecule has 5 heteroatoms. The van der Waals surface area contributed by atoms with Gasteiger partial charge in [0.1, 0.15) is 11.9 Å². The highest BCUT2D eigenvalue weighted by Crippen LogP contribution is 2.33. The first kappa shape index (κ1) is 15.8. The van der Waals surface area contributed by atoms with E-state index >= 15 is 0 Å². The molecular formula is C20H19FN2O2. The molecule has 0 radical (unpaired) electrons. The molecule has 0 aromatic heterocycles. The van der Waals surface area contributed by atoms with E-state index in [4.69, 9.17) is 0 Å². The smallest absolute Gasteiger partial charge is 0.256 e. The van der Waals surface area contributed by atoms with Gasteiger partial charge in [0.05, 0.1) is 17.8 Å². The van der Waals surface area contributed by atoms with Crippen LogP contribution in [0.1, 0.15) is 34.3 Å². The van der Waals surface area contributed by atoms with Crippen LogP contribution in [0.3, 0.4) is 0 Å². The third kappa shape index (κ3) is 2.69. The molecule has 0 aliphatic carbocycles. The molecule has 4 nitrogen and oxygen atoms in total. The van der Waals surface area contributed by atoms with Crippen LogP contribution in [0, 0.1) is 12.7 Å². The predicted octanol–water partition coefficient (Wildman–Crippen LogP) is 3.29. The molecule has 2 aliphatic heterocycles. The Labute approximate surface area is 145 Å². The van der Waals surface area contributed by atoms with Gasteiger partial charge in [0.15, 0.2) is 0 Å². The molecule has 0 saturated carbocycles. The monoisotopic (exact) mass is 338 g/mol. The van der Waals surface area contributed by atoms with Gasteiger partial charge in [0.2, 0.25) is 5.91 Å². The van der Waals surface area contributed by atoms with Crippen molar-refractivity contribution in [2.24, 2.45) is 0 Å². The number of carbonyl (C=O) groups excluding carboxylic acids is 2. The summed E-state index contributed by atoms with van der Waals surface area (Å²) in [6.45, 7) is 2.88. The van der Waals surface area contributed by atoms with Crippen LogP contribution in [0.2, 0.25) is 0 Å². The number of nitrogens with zero attached hydrogens (tertiary/aromatic N) is 2. The summed E-state index contributed by atoms with van der Waals surface area (Å²) in [5, 5.41) is 0. The Morgan fingerprint density at radius 3 is 2.64 bits per heavy atom. The van der Waals surface area contributed by atoms with Crippen molar-refractivity contribution in [3.63, 3.8) is 0 Å². The van der Waals surface area contributed by atoms with Crippen LogP contribution >= 0.6 is 0 Å². The minimum atomic E-state index is -0.402. The number of hydrogen-bond donors (Lipinski definition) is 0. The van der Waals surface area contributed by atoms with Gasteiger partial charge in [0.25, 0.3) is 5.91 Å². The molecule has 4 rings (SSSR count). The maximum Gasteiger partial charge on any atom is 0.256 e. The van der Waals surface area contributed by atoms with E-state index in [1.165, 1.54) is 12.1 Å². The number of amides is 2. The highest BCUT2D eigenvalue weighted by Gasteiger charge is 2.41. The normalized spacial score (nSPS) is 19.7. The lowest BCUT2D eigenvalue weighted by atomic mass is 10.1. The summed E-state index contributed by atoms with van der Waals surface area (Å²) in [5.74, 6) is -0.437. The van der Waals surface area contributed by atoms with Crippen molar-refractivity contribution in [3.8, 4) is 0 Å². The van der Waals surface area contributed by atoms with E-state index in [0.29, 0.717) is 30.8 Å². The zero-order valence-electron chi connectivity index (χ0n) is 14.0. The van der Waals surface area contributed by atoms with Crippen molar-refractivity contribution >= 4 is 17.5 Å². The molecule has 2 aromatic rings. The molecule has 0 unspecified atom stereocenters. The Bertz CT molecular complexity index is 847. The molecule has 2 aromatic carbocycles. The number of benzene rings is 2. The van der Waals surface area contributed by atoms with Gasteiger partial charge >= 0.3 is 0 Å². The minimum absolute atomic E-state index is 0.0576. The average Bonchev–Trinajstić information content (AvgIpc) is 3.07. The molecule has 1 atom stereocenters. The number of fused-ring (bicyclic) bond motifs is 2. The Morgan fingerprint density at radius 2 is 1.88 bits per heavy atom. The van der Waals surface area contributed by atoms with Gasteiger partial charge in [-0.1, -0.05) is 23.8 Å². The van der Waals surface area contributed by atoms with Crippen molar-refractivity contribution in [2.75, 3.05) is 11.4 Å². The summed E-state index contributed by atoms with van der Waals surface area (Å²) in [4.78, 5) is 29.5. The topological polar surface area (TPSA) is 40.6 Å². The van der Waals surface area contributed by atoms with Gasteiger partial charge in [-0.2, -0.15) is 0 Å². The minimum Gasteiger partial charge on any atom is -0.327 e. The van der Waals surface area contributed by atoms with E-state index in [9.17, 15) is 14.0 Å². The molecule has 2 aliphatic rings. The van der Waals surface area contributed by atoms with E-state index in [1.807, 2.05) is 25.1 Å². The second kappa shape index (κ2) is 5.99. The van der Waals surface area contributed by atoms with Gasteiger partial charge in [0, 0.05) is 6.54 Å². The maximum atomic E-state index is 13.2. The number of anilines is 1. The van der Waals surface area contributed by atoms with Crippen LogP contribution in [-0.4, -0.2) is 29.3 Å². The number of rotatable bonds is 2. The predicted molar refractivity (Wildman–Crippen MR) is 92.8 cm³/mol. The SMILES string of the molecule is Cc1ccc2c(c1)C(=O)N1CCC[C@H]1C(=O)N2Cc1ccc(F)cc1. The fraction of sp³-hybridized carbons (Fsp3) is 0.300. The van der Waals surface area contributed by atoms with Crippen molar-refractivity contribution in [2.45, 2.75) is 32.4 Å². The molecule has 128 valence electrons. The van der Waals surface area contributed by atoms with Crippen LogP contribution in [0.4, 0.5) is 10.1 Å². The van der Waals surface area contributed by atoms with Crippen LogP contribution in [0.5, 0.6) is 0 Å². The zero-order chi connectivity index (χ0) is 17.6. The van der Waals surface area contributed by atoms with Crippen LogP contribution in [0.15, 0.2) is 42.5 Å². The van der Waals surface area contributed by atoms with Crippen LogP contribution < -0.4 is 4.90 Å². The first-order chi connectivity index (χ1) is 12.0. The fourth-order valence-corrected chi connectivity index (χ4v) is 3.71. The molecule has 2 amide bonds. The molecule has 0 bridgehead atoms. The molecular weight excluding hydrogens is 319 g/mol. The third-order valence-corrected chi connectivity index (χ3v) is 4.99. The van der Waals surface area contributed by atoms with E-state index in [-0.39, 0.29) is 17.6 Å². The summed E-state index contributed by atoms with van der Waals surface area (Å²) in [6.07, 6.45) is 1.53. The zero-order valence-corrected chi connectivity index (χ0v) is 14.0. The average molecular weight is 338 g/mol. The number of halogens is 1. The molecule has 1 saturated heterocycles. The van der Waals surface area contributed by atoms with Crippen molar-refractivity contribution < 1.29 is 14.0 Å². The Kier molecular flexibility index (Phi) is 3.79. The summed E-state index contributed by atoms with van der Waals surface area (Å²) in [5.41, 5.74) is 3.03.